The predicted octanol–water partition coefficient (Wildman–Crippen LogP) is 3.33. The van der Waals surface area contributed by atoms with Crippen LogP contribution in [0.25, 0.3) is 0 Å². The first-order valence-corrected chi connectivity index (χ1v) is 10.0. The van der Waals surface area contributed by atoms with E-state index in [-0.39, 0.29) is 12.6 Å². The molecule has 4 heteroatoms. The second-order valence-corrected chi connectivity index (χ2v) is 7.17. The molecule has 3 N–H and O–H groups in total. The molecule has 3 aromatic carbocycles. The summed E-state index contributed by atoms with van der Waals surface area (Å²) >= 11 is 0. The summed E-state index contributed by atoms with van der Waals surface area (Å²) in [5.41, 5.74) is 3.34. The van der Waals surface area contributed by atoms with E-state index in [9.17, 15) is 10.2 Å². The second-order valence-electron chi connectivity index (χ2n) is 7.17. The first kappa shape index (κ1) is 21.2. The van der Waals surface area contributed by atoms with Crippen LogP contribution in [0.2, 0.25) is 0 Å². The van der Waals surface area contributed by atoms with Crippen molar-refractivity contribution in [2.75, 3.05) is 6.61 Å². The third-order valence-electron chi connectivity index (χ3n) is 4.96. The molecule has 0 fully saturated rings. The van der Waals surface area contributed by atoms with Crippen LogP contribution in [0.4, 0.5) is 0 Å². The van der Waals surface area contributed by atoms with E-state index in [1.807, 2.05) is 66.7 Å². The van der Waals surface area contributed by atoms with Crippen LogP contribution in [0.3, 0.4) is 0 Å². The first-order chi connectivity index (χ1) is 14.3. The quantitative estimate of drug-likeness (QED) is 0.469. The minimum Gasteiger partial charge on any atom is -0.394 e. The molecule has 0 amide bonds. The summed E-state index contributed by atoms with van der Waals surface area (Å²) < 4.78 is 6.13. The molecular formula is C25H29NO3. The van der Waals surface area contributed by atoms with Gasteiger partial charge in [-0.1, -0.05) is 91.0 Å². The van der Waals surface area contributed by atoms with Crippen LogP contribution < -0.4 is 5.32 Å². The molecule has 0 radical (unpaired) electrons. The minimum absolute atomic E-state index is 0.163. The van der Waals surface area contributed by atoms with Gasteiger partial charge in [-0.05, 0) is 23.1 Å². The Morgan fingerprint density at radius 1 is 0.724 bits per heavy atom. The second kappa shape index (κ2) is 11.5. The number of aliphatic hydroxyl groups is 2. The van der Waals surface area contributed by atoms with Gasteiger partial charge < -0.3 is 20.3 Å². The summed E-state index contributed by atoms with van der Waals surface area (Å²) in [6.07, 6.45) is -0.843. The van der Waals surface area contributed by atoms with Crippen LogP contribution in [-0.4, -0.2) is 35.1 Å². The lowest BCUT2D eigenvalue weighted by molar-refractivity contribution is -0.0816. The highest BCUT2D eigenvalue weighted by Gasteiger charge is 2.29. The Morgan fingerprint density at radius 3 is 1.79 bits per heavy atom. The van der Waals surface area contributed by atoms with Gasteiger partial charge in [-0.2, -0.15) is 0 Å². The Hall–Kier alpha value is -2.50. The van der Waals surface area contributed by atoms with E-state index in [0.29, 0.717) is 19.6 Å². The number of rotatable bonds is 11. The van der Waals surface area contributed by atoms with E-state index in [2.05, 4.69) is 29.6 Å². The normalized spacial score (nSPS) is 14.3. The molecule has 29 heavy (non-hydrogen) atoms. The number of aliphatic hydroxyl groups excluding tert-OH is 2. The number of nitrogens with one attached hydrogen (secondary N) is 1. The molecule has 152 valence electrons. The molecule has 0 saturated carbocycles. The van der Waals surface area contributed by atoms with Gasteiger partial charge in [-0.3, -0.25) is 0 Å². The summed E-state index contributed by atoms with van der Waals surface area (Å²) in [7, 11) is 0. The Kier molecular flexibility index (Phi) is 8.40. The Morgan fingerprint density at radius 2 is 1.24 bits per heavy atom. The largest absolute Gasteiger partial charge is 0.394 e. The van der Waals surface area contributed by atoms with Crippen LogP contribution in [0.15, 0.2) is 91.0 Å². The fraction of sp³-hybridized carbons (Fsp3) is 0.280. The van der Waals surface area contributed by atoms with E-state index in [1.54, 1.807) is 0 Å². The van der Waals surface area contributed by atoms with Crippen LogP contribution >= 0.6 is 0 Å². The standard InChI is InChI=1S/C25H29NO3/c27-18-24(28)25(29-19-22-14-8-3-9-15-22)23(16-20-10-4-1-5-11-20)26-17-21-12-6-2-7-13-21/h1-15,23-28H,16-19H2/t23-,24+,25+/m1/s1. The van der Waals surface area contributed by atoms with Crippen molar-refractivity contribution in [2.24, 2.45) is 0 Å². The third kappa shape index (κ3) is 6.80. The molecule has 3 aromatic rings. The summed E-state index contributed by atoms with van der Waals surface area (Å²) in [4.78, 5) is 0. The van der Waals surface area contributed by atoms with Crippen LogP contribution in [0.5, 0.6) is 0 Å². The molecule has 0 saturated heterocycles. The first-order valence-electron chi connectivity index (χ1n) is 10.0. The molecule has 4 nitrogen and oxygen atoms in total. The highest BCUT2D eigenvalue weighted by molar-refractivity contribution is 5.18. The summed E-state index contributed by atoms with van der Waals surface area (Å²) in [5, 5.41) is 23.7. The van der Waals surface area contributed by atoms with E-state index >= 15 is 0 Å². The van der Waals surface area contributed by atoms with Gasteiger partial charge in [-0.25, -0.2) is 0 Å². The molecule has 0 aliphatic rings. The van der Waals surface area contributed by atoms with Crippen molar-refractivity contribution in [2.45, 2.75) is 37.8 Å². The van der Waals surface area contributed by atoms with Crippen LogP contribution in [0.1, 0.15) is 16.7 Å². The van der Waals surface area contributed by atoms with Gasteiger partial charge in [0.2, 0.25) is 0 Å². The zero-order chi connectivity index (χ0) is 20.3. The fourth-order valence-electron chi connectivity index (χ4n) is 3.38. The van der Waals surface area contributed by atoms with Gasteiger partial charge in [0.05, 0.1) is 13.2 Å². The van der Waals surface area contributed by atoms with Crippen molar-refractivity contribution in [3.05, 3.63) is 108 Å². The number of hydrogen-bond acceptors (Lipinski definition) is 4. The van der Waals surface area contributed by atoms with Crippen LogP contribution in [0, 0.1) is 0 Å². The van der Waals surface area contributed by atoms with Crippen molar-refractivity contribution in [1.29, 1.82) is 0 Å². The van der Waals surface area contributed by atoms with E-state index in [0.717, 1.165) is 16.7 Å². The van der Waals surface area contributed by atoms with E-state index in [4.69, 9.17) is 4.74 Å². The molecule has 0 unspecified atom stereocenters. The smallest absolute Gasteiger partial charge is 0.105 e. The Labute approximate surface area is 172 Å². The highest BCUT2D eigenvalue weighted by Crippen LogP contribution is 2.15. The van der Waals surface area contributed by atoms with Crippen molar-refractivity contribution < 1.29 is 14.9 Å². The Bertz CT molecular complexity index is 811. The van der Waals surface area contributed by atoms with Crippen molar-refractivity contribution in [3.63, 3.8) is 0 Å². The topological polar surface area (TPSA) is 61.7 Å². The predicted molar refractivity (Wildman–Crippen MR) is 115 cm³/mol. The zero-order valence-corrected chi connectivity index (χ0v) is 16.5. The maximum absolute atomic E-state index is 10.5. The molecule has 0 spiro atoms. The SMILES string of the molecule is OC[C@H](O)[C@@H](OCc1ccccc1)[C@@H](Cc1ccccc1)NCc1ccccc1. The molecule has 0 aliphatic carbocycles. The molecule has 0 heterocycles. The molecule has 3 rings (SSSR count). The third-order valence-corrected chi connectivity index (χ3v) is 4.96. The number of hydrogen-bond donors (Lipinski definition) is 3. The Balaban J connectivity index is 1.76. The van der Waals surface area contributed by atoms with Crippen molar-refractivity contribution >= 4 is 0 Å². The molecular weight excluding hydrogens is 362 g/mol. The van der Waals surface area contributed by atoms with Gasteiger partial charge in [0, 0.05) is 12.6 Å². The van der Waals surface area contributed by atoms with Gasteiger partial charge in [0.25, 0.3) is 0 Å². The molecule has 0 bridgehead atoms. The van der Waals surface area contributed by atoms with Crippen LogP contribution in [-0.2, 0) is 24.3 Å². The fourth-order valence-corrected chi connectivity index (χ4v) is 3.38. The molecule has 3 atom stereocenters. The van der Waals surface area contributed by atoms with E-state index < -0.39 is 12.2 Å². The molecule has 0 aromatic heterocycles. The lowest BCUT2D eigenvalue weighted by Crippen LogP contribution is -2.50. The van der Waals surface area contributed by atoms with Crippen molar-refractivity contribution in [3.8, 4) is 0 Å². The van der Waals surface area contributed by atoms with Gasteiger partial charge >= 0.3 is 0 Å². The van der Waals surface area contributed by atoms with E-state index in [1.165, 1.54) is 0 Å². The maximum Gasteiger partial charge on any atom is 0.105 e. The lowest BCUT2D eigenvalue weighted by atomic mass is 9.97. The number of ether oxygens (including phenoxy) is 1. The zero-order valence-electron chi connectivity index (χ0n) is 16.5. The maximum atomic E-state index is 10.5. The average molecular weight is 392 g/mol. The summed E-state index contributed by atoms with van der Waals surface area (Å²) in [6.45, 7) is 0.681. The summed E-state index contributed by atoms with van der Waals surface area (Å²) in [6, 6.07) is 30.0. The number of benzene rings is 3. The minimum atomic E-state index is -0.976. The van der Waals surface area contributed by atoms with Gasteiger partial charge in [-0.15, -0.1) is 0 Å². The highest BCUT2D eigenvalue weighted by atomic mass is 16.5. The lowest BCUT2D eigenvalue weighted by Gasteiger charge is -2.31. The molecule has 0 aliphatic heterocycles. The van der Waals surface area contributed by atoms with Gasteiger partial charge in [0.1, 0.15) is 12.2 Å². The monoisotopic (exact) mass is 391 g/mol. The average Bonchev–Trinajstić information content (AvgIpc) is 2.79. The van der Waals surface area contributed by atoms with Gasteiger partial charge in [0.15, 0.2) is 0 Å². The van der Waals surface area contributed by atoms with Crippen molar-refractivity contribution in [1.82, 2.24) is 5.32 Å². The summed E-state index contributed by atoms with van der Waals surface area (Å²) in [5.74, 6) is 0.